The molecule has 0 saturated carbocycles. The van der Waals surface area contributed by atoms with E-state index in [0.717, 1.165) is 31.5 Å². The van der Waals surface area contributed by atoms with E-state index in [1.807, 2.05) is 0 Å². The van der Waals surface area contributed by atoms with Crippen LogP contribution in [-0.2, 0) is 18.0 Å². The molecule has 0 unspecified atom stereocenters. The molecule has 2 aliphatic rings. The van der Waals surface area contributed by atoms with E-state index < -0.39 is 0 Å². The molecule has 1 fully saturated rings. The van der Waals surface area contributed by atoms with Crippen LogP contribution in [0.4, 0.5) is 5.82 Å². The second-order valence-electron chi connectivity index (χ2n) is 4.23. The molecule has 0 spiro atoms. The first-order valence-electron chi connectivity index (χ1n) is 5.50. The van der Waals surface area contributed by atoms with Gasteiger partial charge in [-0.1, -0.05) is 0 Å². The molecule has 0 atom stereocenters. The van der Waals surface area contributed by atoms with Gasteiger partial charge >= 0.3 is 0 Å². The Morgan fingerprint density at radius 2 is 2.13 bits per heavy atom. The Labute approximate surface area is 88.6 Å². The molecule has 0 radical (unpaired) electrons. The van der Waals surface area contributed by atoms with Gasteiger partial charge in [-0.2, -0.15) is 5.10 Å². The summed E-state index contributed by atoms with van der Waals surface area (Å²) in [6.07, 6.45) is 2.26. The van der Waals surface area contributed by atoms with E-state index in [9.17, 15) is 0 Å². The summed E-state index contributed by atoms with van der Waals surface area (Å²) in [5, 5.41) is 7.80. The van der Waals surface area contributed by atoms with Crippen LogP contribution < -0.4 is 11.1 Å². The van der Waals surface area contributed by atoms with Crippen LogP contribution in [0.15, 0.2) is 0 Å². The lowest BCUT2D eigenvalue weighted by Gasteiger charge is -2.24. The van der Waals surface area contributed by atoms with E-state index in [0.29, 0.717) is 25.1 Å². The lowest BCUT2D eigenvalue weighted by molar-refractivity contribution is 0.127. The van der Waals surface area contributed by atoms with Gasteiger partial charge in [-0.15, -0.1) is 0 Å². The third-order valence-corrected chi connectivity index (χ3v) is 3.29. The number of nitrogen functional groups attached to an aromatic ring is 1. The number of nitrogens with two attached hydrogens (primary N) is 1. The Balaban J connectivity index is 1.93. The maximum Gasteiger partial charge on any atom is 0.151 e. The minimum absolute atomic E-state index is 0.499. The highest BCUT2D eigenvalue weighted by atomic mass is 16.5. The van der Waals surface area contributed by atoms with E-state index in [1.54, 1.807) is 0 Å². The van der Waals surface area contributed by atoms with Gasteiger partial charge in [0.05, 0.1) is 24.9 Å². The van der Waals surface area contributed by atoms with Crippen molar-refractivity contribution in [2.45, 2.75) is 32.1 Å². The van der Waals surface area contributed by atoms with Crippen molar-refractivity contribution in [2.24, 2.45) is 0 Å². The highest BCUT2D eigenvalue weighted by molar-refractivity contribution is 5.43. The number of ether oxygens (including phenoxy) is 1. The maximum absolute atomic E-state index is 5.87. The van der Waals surface area contributed by atoms with Crippen molar-refractivity contribution in [1.82, 2.24) is 15.1 Å². The molecule has 0 amide bonds. The molecule has 5 heteroatoms. The van der Waals surface area contributed by atoms with Crippen LogP contribution in [0.3, 0.4) is 0 Å². The average Bonchev–Trinajstić information content (AvgIpc) is 2.84. The van der Waals surface area contributed by atoms with Crippen molar-refractivity contribution in [2.75, 3.05) is 18.8 Å². The molecule has 5 nitrogen and oxygen atoms in total. The van der Waals surface area contributed by atoms with Gasteiger partial charge < -0.3 is 15.8 Å². The Morgan fingerprint density at radius 1 is 1.33 bits per heavy atom. The van der Waals surface area contributed by atoms with Crippen molar-refractivity contribution in [3.05, 3.63) is 11.3 Å². The molecular weight excluding hydrogens is 192 g/mol. The molecule has 3 heterocycles. The van der Waals surface area contributed by atoms with Crippen LogP contribution in [0.2, 0.25) is 0 Å². The van der Waals surface area contributed by atoms with Crippen LogP contribution in [0.1, 0.15) is 30.1 Å². The fraction of sp³-hybridized carbons (Fsp3) is 0.700. The molecule has 1 aromatic rings. The molecular formula is C10H16N4O. The predicted molar refractivity (Wildman–Crippen MR) is 56.3 cm³/mol. The van der Waals surface area contributed by atoms with Crippen molar-refractivity contribution in [3.63, 3.8) is 0 Å². The van der Waals surface area contributed by atoms with Crippen molar-refractivity contribution >= 4 is 5.82 Å². The number of nitrogens with zero attached hydrogens (tertiary/aromatic N) is 2. The van der Waals surface area contributed by atoms with Crippen LogP contribution in [0, 0.1) is 0 Å². The number of rotatable bonds is 1. The van der Waals surface area contributed by atoms with E-state index in [4.69, 9.17) is 10.5 Å². The fourth-order valence-electron chi connectivity index (χ4n) is 2.44. The van der Waals surface area contributed by atoms with Crippen molar-refractivity contribution < 1.29 is 4.74 Å². The maximum atomic E-state index is 5.87. The second-order valence-corrected chi connectivity index (χ2v) is 4.23. The van der Waals surface area contributed by atoms with Gasteiger partial charge in [0.25, 0.3) is 0 Å². The lowest BCUT2D eigenvalue weighted by Crippen LogP contribution is -2.30. The molecule has 3 N–H and O–H groups in total. The number of anilines is 1. The molecule has 0 aromatic carbocycles. The van der Waals surface area contributed by atoms with Crippen LogP contribution in [0.25, 0.3) is 0 Å². The first-order valence-corrected chi connectivity index (χ1v) is 5.50. The van der Waals surface area contributed by atoms with Gasteiger partial charge in [0.1, 0.15) is 0 Å². The number of nitrogens with one attached hydrogen (secondary N) is 1. The third-order valence-electron chi connectivity index (χ3n) is 3.29. The molecule has 1 saturated heterocycles. The molecule has 0 aliphatic carbocycles. The summed E-state index contributed by atoms with van der Waals surface area (Å²) in [4.78, 5) is 0. The fourth-order valence-corrected chi connectivity index (χ4v) is 2.44. The van der Waals surface area contributed by atoms with Gasteiger partial charge in [0.15, 0.2) is 5.82 Å². The Hall–Kier alpha value is -1.07. The Bertz CT molecular complexity index is 368. The predicted octanol–water partition coefficient (Wildman–Crippen LogP) is 0.420. The molecule has 2 aliphatic heterocycles. The number of hydrogen-bond donors (Lipinski definition) is 2. The zero-order valence-corrected chi connectivity index (χ0v) is 8.70. The Kier molecular flexibility index (Phi) is 2.14. The standard InChI is InChI=1S/C10H16N4O/c11-10-8-5-15-6-9(8)14(13-10)7-1-3-12-4-2-7/h7,12H,1-6H2,(H2,11,13). The summed E-state index contributed by atoms with van der Waals surface area (Å²) < 4.78 is 7.51. The number of fused-ring (bicyclic) bond motifs is 1. The second kappa shape index (κ2) is 3.50. The summed E-state index contributed by atoms with van der Waals surface area (Å²) in [5.74, 6) is 0.654. The molecule has 0 bridgehead atoms. The molecule has 82 valence electrons. The first-order chi connectivity index (χ1) is 7.36. The van der Waals surface area contributed by atoms with Gasteiger partial charge in [-0.3, -0.25) is 4.68 Å². The highest BCUT2D eigenvalue weighted by Crippen LogP contribution is 2.30. The smallest absolute Gasteiger partial charge is 0.151 e. The summed E-state index contributed by atoms with van der Waals surface area (Å²) in [7, 11) is 0. The normalized spacial score (nSPS) is 21.9. The Morgan fingerprint density at radius 3 is 2.93 bits per heavy atom. The first kappa shape index (κ1) is 9.18. The average molecular weight is 208 g/mol. The molecule has 15 heavy (non-hydrogen) atoms. The van der Waals surface area contributed by atoms with Gasteiger partial charge in [-0.25, -0.2) is 0 Å². The number of hydrogen-bond acceptors (Lipinski definition) is 4. The van der Waals surface area contributed by atoms with Gasteiger partial charge in [0, 0.05) is 5.56 Å². The number of piperidine rings is 1. The van der Waals surface area contributed by atoms with Gasteiger partial charge in [-0.05, 0) is 25.9 Å². The summed E-state index contributed by atoms with van der Waals surface area (Å²) >= 11 is 0. The summed E-state index contributed by atoms with van der Waals surface area (Å²) in [6, 6.07) is 0.499. The minimum atomic E-state index is 0.499. The monoisotopic (exact) mass is 208 g/mol. The summed E-state index contributed by atoms with van der Waals surface area (Å²) in [6.45, 7) is 3.44. The van der Waals surface area contributed by atoms with E-state index >= 15 is 0 Å². The lowest BCUT2D eigenvalue weighted by atomic mass is 10.1. The van der Waals surface area contributed by atoms with Gasteiger partial charge in [0.2, 0.25) is 0 Å². The number of aromatic nitrogens is 2. The van der Waals surface area contributed by atoms with Crippen LogP contribution >= 0.6 is 0 Å². The van der Waals surface area contributed by atoms with Crippen molar-refractivity contribution in [1.29, 1.82) is 0 Å². The summed E-state index contributed by atoms with van der Waals surface area (Å²) in [5.41, 5.74) is 8.17. The van der Waals surface area contributed by atoms with Crippen molar-refractivity contribution in [3.8, 4) is 0 Å². The SMILES string of the molecule is Nc1nn(C2CCNCC2)c2c1COC2. The van der Waals surface area contributed by atoms with E-state index in [-0.39, 0.29) is 0 Å². The molecule has 3 rings (SSSR count). The third kappa shape index (κ3) is 1.42. The highest BCUT2D eigenvalue weighted by Gasteiger charge is 2.26. The molecule has 1 aromatic heterocycles. The zero-order chi connectivity index (χ0) is 10.3. The topological polar surface area (TPSA) is 65.1 Å². The van der Waals surface area contributed by atoms with E-state index in [1.165, 1.54) is 5.69 Å². The van der Waals surface area contributed by atoms with E-state index in [2.05, 4.69) is 15.1 Å². The minimum Gasteiger partial charge on any atom is -0.382 e. The quantitative estimate of drug-likeness (QED) is 0.702. The zero-order valence-electron chi connectivity index (χ0n) is 8.70. The van der Waals surface area contributed by atoms with Crippen LogP contribution in [-0.4, -0.2) is 22.9 Å². The largest absolute Gasteiger partial charge is 0.382 e. The van der Waals surface area contributed by atoms with Crippen LogP contribution in [0.5, 0.6) is 0 Å².